The van der Waals surface area contributed by atoms with E-state index in [0.717, 1.165) is 31.6 Å². The molecule has 1 aliphatic carbocycles. The van der Waals surface area contributed by atoms with Gasteiger partial charge in [-0.25, -0.2) is 4.79 Å². The van der Waals surface area contributed by atoms with Gasteiger partial charge in [-0.15, -0.1) is 0 Å². The van der Waals surface area contributed by atoms with Crippen molar-refractivity contribution in [2.75, 3.05) is 0 Å². The van der Waals surface area contributed by atoms with E-state index in [9.17, 15) is 19.5 Å². The molecule has 1 N–H and O–H groups in total. The van der Waals surface area contributed by atoms with Crippen LogP contribution in [0.3, 0.4) is 0 Å². The van der Waals surface area contributed by atoms with Crippen LogP contribution in [0.2, 0.25) is 0 Å². The van der Waals surface area contributed by atoms with Crippen molar-refractivity contribution in [3.05, 3.63) is 46.1 Å². The number of carbonyl (C=O) groups is 3. The zero-order valence-electron chi connectivity index (χ0n) is 20.6. The first-order valence-electron chi connectivity index (χ1n) is 11.8. The minimum atomic E-state index is -1.21. The molecule has 0 radical (unpaired) electrons. The summed E-state index contributed by atoms with van der Waals surface area (Å²) >= 11 is 0. The van der Waals surface area contributed by atoms with E-state index in [1.165, 1.54) is 31.8 Å². The molecule has 0 saturated carbocycles. The predicted molar refractivity (Wildman–Crippen MR) is 127 cm³/mol. The summed E-state index contributed by atoms with van der Waals surface area (Å²) in [5.74, 6) is -1.28. The number of carbonyl (C=O) groups excluding carboxylic acids is 3. The van der Waals surface area contributed by atoms with Gasteiger partial charge in [-0.1, -0.05) is 42.7 Å². The van der Waals surface area contributed by atoms with E-state index in [-0.39, 0.29) is 17.4 Å². The number of cyclic esters (lactones) is 1. The maximum absolute atomic E-state index is 11.5. The molecule has 0 aromatic heterocycles. The average molecular weight is 459 g/mol. The van der Waals surface area contributed by atoms with Crippen LogP contribution >= 0.6 is 0 Å². The van der Waals surface area contributed by atoms with Crippen molar-refractivity contribution in [1.29, 1.82) is 0 Å². The van der Waals surface area contributed by atoms with Crippen molar-refractivity contribution in [2.45, 2.75) is 98.4 Å². The van der Waals surface area contributed by atoms with Crippen LogP contribution in [0.15, 0.2) is 46.1 Å². The van der Waals surface area contributed by atoms with Crippen LogP contribution in [0.1, 0.15) is 86.0 Å². The second-order valence-electron chi connectivity index (χ2n) is 9.76. The lowest BCUT2D eigenvalue weighted by molar-refractivity contribution is -0.173. The van der Waals surface area contributed by atoms with Crippen LogP contribution in [0, 0.1) is 5.41 Å². The molecule has 1 aliphatic heterocycles. The predicted octanol–water partition coefficient (Wildman–Crippen LogP) is 5.27. The summed E-state index contributed by atoms with van der Waals surface area (Å²) < 4.78 is 9.80. The average Bonchev–Trinajstić information content (AvgIpc) is 3.08. The van der Waals surface area contributed by atoms with Crippen LogP contribution in [0.25, 0.3) is 0 Å². The Labute approximate surface area is 197 Å². The van der Waals surface area contributed by atoms with Crippen LogP contribution < -0.4 is 0 Å². The Kier molecular flexibility index (Phi) is 9.84. The molecule has 0 aromatic carbocycles. The van der Waals surface area contributed by atoms with Gasteiger partial charge in [0.05, 0.1) is 6.10 Å². The molecule has 6 heteroatoms. The topological polar surface area (TPSA) is 89.9 Å². The number of rotatable bonds is 11. The minimum Gasteiger partial charge on any atom is -0.421 e. The van der Waals surface area contributed by atoms with E-state index in [1.807, 2.05) is 0 Å². The highest BCUT2D eigenvalue weighted by Crippen LogP contribution is 2.42. The third kappa shape index (κ3) is 8.11. The fourth-order valence-corrected chi connectivity index (χ4v) is 4.65. The Morgan fingerprint density at radius 2 is 2.03 bits per heavy atom. The van der Waals surface area contributed by atoms with Gasteiger partial charge in [0.25, 0.3) is 6.29 Å². The van der Waals surface area contributed by atoms with Gasteiger partial charge < -0.3 is 14.6 Å². The highest BCUT2D eigenvalue weighted by atomic mass is 16.7. The maximum Gasteiger partial charge on any atom is 0.334 e. The first-order valence-corrected chi connectivity index (χ1v) is 11.8. The lowest BCUT2D eigenvalue weighted by Crippen LogP contribution is -2.25. The second kappa shape index (κ2) is 12.1. The van der Waals surface area contributed by atoms with Gasteiger partial charge in [-0.2, -0.15) is 0 Å². The molecule has 2 atom stereocenters. The molecule has 1 heterocycles. The quantitative estimate of drug-likeness (QED) is 0.196. The monoisotopic (exact) mass is 458 g/mol. The summed E-state index contributed by atoms with van der Waals surface area (Å²) in [5, 5.41) is 10.4. The second-order valence-corrected chi connectivity index (χ2v) is 9.76. The number of hydrogen-bond donors (Lipinski definition) is 1. The number of aliphatic hydroxyl groups excluding tert-OH is 1. The van der Waals surface area contributed by atoms with E-state index in [1.54, 1.807) is 17.2 Å². The van der Waals surface area contributed by atoms with E-state index in [0.29, 0.717) is 12.0 Å². The van der Waals surface area contributed by atoms with Crippen molar-refractivity contribution >= 4 is 18.2 Å². The first kappa shape index (κ1) is 26.8. The zero-order chi connectivity index (χ0) is 24.6. The van der Waals surface area contributed by atoms with Gasteiger partial charge >= 0.3 is 11.9 Å². The van der Waals surface area contributed by atoms with Gasteiger partial charge in [0.15, 0.2) is 0 Å². The molecule has 6 nitrogen and oxygen atoms in total. The zero-order valence-corrected chi connectivity index (χ0v) is 20.6. The molecule has 0 amide bonds. The third-order valence-corrected chi connectivity index (χ3v) is 6.57. The summed E-state index contributed by atoms with van der Waals surface area (Å²) in [7, 11) is 0. The van der Waals surface area contributed by atoms with Gasteiger partial charge in [-0.05, 0) is 76.2 Å². The molecule has 0 bridgehead atoms. The molecule has 0 spiro atoms. The number of aliphatic hydroxyl groups is 1. The number of ether oxygens (including phenoxy) is 2. The number of aldehydes is 1. The Morgan fingerprint density at radius 1 is 1.30 bits per heavy atom. The highest BCUT2D eigenvalue weighted by Gasteiger charge is 2.33. The fourth-order valence-electron chi connectivity index (χ4n) is 4.65. The van der Waals surface area contributed by atoms with Crippen molar-refractivity contribution in [2.24, 2.45) is 5.41 Å². The molecule has 182 valence electrons. The standard InChI is InChI=1S/C27H38O6/c1-18(11-13-23-19(2)9-7-15-27(23,4)5)8-6-10-21(17-28)12-14-24(30)22-16-25(31)33-26(22)32-20(3)29/h8,12,16-17,24,26,30H,6-7,9-11,13-15H2,1-5H3. The summed E-state index contributed by atoms with van der Waals surface area (Å²) in [6.07, 6.45) is 10.8. The van der Waals surface area contributed by atoms with E-state index >= 15 is 0 Å². The summed E-state index contributed by atoms with van der Waals surface area (Å²) in [4.78, 5) is 34.1. The molecule has 2 unspecified atom stereocenters. The van der Waals surface area contributed by atoms with Crippen LogP contribution in [0.5, 0.6) is 0 Å². The molecule has 2 aliphatic rings. The van der Waals surface area contributed by atoms with Crippen LogP contribution in [-0.2, 0) is 23.9 Å². The normalized spacial score (nSPS) is 22.1. The largest absolute Gasteiger partial charge is 0.421 e. The van der Waals surface area contributed by atoms with Gasteiger partial charge in [-0.3, -0.25) is 9.59 Å². The van der Waals surface area contributed by atoms with E-state index in [4.69, 9.17) is 9.47 Å². The number of hydrogen-bond acceptors (Lipinski definition) is 6. The van der Waals surface area contributed by atoms with E-state index < -0.39 is 24.3 Å². The smallest absolute Gasteiger partial charge is 0.334 e. The van der Waals surface area contributed by atoms with Crippen molar-refractivity contribution in [1.82, 2.24) is 0 Å². The lowest BCUT2D eigenvalue weighted by Gasteiger charge is -2.35. The number of esters is 2. The van der Waals surface area contributed by atoms with Gasteiger partial charge in [0, 0.05) is 18.6 Å². The Hall–Kier alpha value is -2.47. The van der Waals surface area contributed by atoms with Gasteiger partial charge in [0.1, 0.15) is 6.29 Å². The van der Waals surface area contributed by atoms with Crippen molar-refractivity contribution in [3.8, 4) is 0 Å². The SMILES string of the molecule is CC(=O)OC1OC(=O)C=C1C(O)CC=C(C=O)CCC=C(C)CCC1=C(C)CCCC1(C)C. The van der Waals surface area contributed by atoms with Crippen LogP contribution in [0.4, 0.5) is 0 Å². The molecular weight excluding hydrogens is 420 g/mol. The third-order valence-electron chi connectivity index (χ3n) is 6.57. The van der Waals surface area contributed by atoms with Crippen molar-refractivity contribution in [3.63, 3.8) is 0 Å². The molecular formula is C27H38O6. The molecule has 0 saturated heterocycles. The van der Waals surface area contributed by atoms with Crippen molar-refractivity contribution < 1.29 is 29.0 Å². The molecule has 0 fully saturated rings. The lowest BCUT2D eigenvalue weighted by atomic mass is 9.71. The summed E-state index contributed by atoms with van der Waals surface area (Å²) in [6.45, 7) is 10.3. The fraction of sp³-hybridized carbons (Fsp3) is 0.593. The van der Waals surface area contributed by atoms with E-state index in [2.05, 4.69) is 33.8 Å². The Balaban J connectivity index is 1.87. The Bertz CT molecular complexity index is 871. The maximum atomic E-state index is 11.5. The molecule has 33 heavy (non-hydrogen) atoms. The number of allylic oxidation sites excluding steroid dienone is 5. The van der Waals surface area contributed by atoms with Gasteiger partial charge in [0.2, 0.25) is 0 Å². The summed E-state index contributed by atoms with van der Waals surface area (Å²) in [6, 6.07) is 0. The molecule has 0 aromatic rings. The summed E-state index contributed by atoms with van der Waals surface area (Å²) in [5.41, 5.74) is 5.51. The van der Waals surface area contributed by atoms with Crippen LogP contribution in [-0.4, -0.2) is 35.7 Å². The minimum absolute atomic E-state index is 0.125. The Morgan fingerprint density at radius 3 is 2.67 bits per heavy atom. The highest BCUT2D eigenvalue weighted by molar-refractivity contribution is 5.86. The molecule has 2 rings (SSSR count). The first-order chi connectivity index (χ1) is 15.5.